The van der Waals surface area contributed by atoms with Gasteiger partial charge in [-0.25, -0.2) is 4.39 Å². The molecule has 0 amide bonds. The Morgan fingerprint density at radius 2 is 2.31 bits per heavy atom. The Morgan fingerprint density at radius 3 is 2.88 bits per heavy atom. The quantitative estimate of drug-likeness (QED) is 0.809. The van der Waals surface area contributed by atoms with Crippen LogP contribution in [0.1, 0.15) is 25.6 Å². The van der Waals surface area contributed by atoms with Crippen LogP contribution >= 0.6 is 0 Å². The monoisotopic (exact) mass is 242 g/mol. The van der Waals surface area contributed by atoms with E-state index in [-0.39, 0.29) is 17.4 Å². The molecule has 88 valence electrons. The third-order valence-electron chi connectivity index (χ3n) is 2.55. The van der Waals surface area contributed by atoms with Crippen LogP contribution in [0.25, 0.3) is 0 Å². The maximum absolute atomic E-state index is 12.7. The molecule has 2 heterocycles. The van der Waals surface area contributed by atoms with E-state index in [1.54, 1.807) is 6.07 Å². The summed E-state index contributed by atoms with van der Waals surface area (Å²) >= 11 is 0. The molecule has 0 aromatic carbocycles. The normalized spacial score (nSPS) is 28.9. The molecule has 16 heavy (non-hydrogen) atoms. The fourth-order valence-corrected chi connectivity index (χ4v) is 3.59. The summed E-state index contributed by atoms with van der Waals surface area (Å²) in [5.41, 5.74) is 0.589. The van der Waals surface area contributed by atoms with Gasteiger partial charge in [-0.05, 0) is 26.0 Å². The molecule has 0 bridgehead atoms. The van der Waals surface area contributed by atoms with Gasteiger partial charge < -0.3 is 5.32 Å². The van der Waals surface area contributed by atoms with E-state index < -0.39 is 10.8 Å². The van der Waals surface area contributed by atoms with Crippen LogP contribution in [-0.2, 0) is 10.8 Å². The molecule has 5 heteroatoms. The number of halogens is 1. The van der Waals surface area contributed by atoms with Crippen molar-refractivity contribution < 1.29 is 8.60 Å². The number of hydrogen-bond acceptors (Lipinski definition) is 3. The molecule has 1 fully saturated rings. The zero-order valence-electron chi connectivity index (χ0n) is 9.37. The molecule has 2 unspecified atom stereocenters. The molecule has 3 nitrogen and oxygen atoms in total. The molecule has 1 aliphatic rings. The van der Waals surface area contributed by atoms with Gasteiger partial charge in [0.25, 0.3) is 0 Å². The lowest BCUT2D eigenvalue weighted by Crippen LogP contribution is -2.52. The molecule has 2 atom stereocenters. The molecular weight excluding hydrogens is 227 g/mol. The Kier molecular flexibility index (Phi) is 3.08. The minimum Gasteiger partial charge on any atom is -0.302 e. The van der Waals surface area contributed by atoms with Gasteiger partial charge in [-0.1, -0.05) is 0 Å². The van der Waals surface area contributed by atoms with Crippen LogP contribution < -0.4 is 5.32 Å². The molecule has 0 radical (unpaired) electrons. The van der Waals surface area contributed by atoms with Gasteiger partial charge in [0.2, 0.25) is 0 Å². The summed E-state index contributed by atoms with van der Waals surface area (Å²) in [5.74, 6) is 0.840. The van der Waals surface area contributed by atoms with Crippen molar-refractivity contribution in [3.05, 3.63) is 29.8 Å². The smallest absolute Gasteiger partial charge is 0.141 e. The van der Waals surface area contributed by atoms with E-state index in [2.05, 4.69) is 10.3 Å². The fraction of sp³-hybridized carbons (Fsp3) is 0.545. The Bertz CT molecular complexity index is 405. The zero-order valence-corrected chi connectivity index (χ0v) is 10.2. The first-order valence-electron chi connectivity index (χ1n) is 5.20. The van der Waals surface area contributed by atoms with Crippen molar-refractivity contribution in [1.29, 1.82) is 0 Å². The number of hydrogen-bond donors (Lipinski definition) is 1. The van der Waals surface area contributed by atoms with Crippen molar-refractivity contribution >= 4 is 10.8 Å². The van der Waals surface area contributed by atoms with E-state index in [4.69, 9.17) is 0 Å². The maximum atomic E-state index is 12.7. The first kappa shape index (κ1) is 11.7. The highest BCUT2D eigenvalue weighted by atomic mass is 32.2. The van der Waals surface area contributed by atoms with Crippen molar-refractivity contribution in [1.82, 2.24) is 10.3 Å². The summed E-state index contributed by atoms with van der Waals surface area (Å²) in [6, 6.07) is 2.98. The third-order valence-corrected chi connectivity index (χ3v) is 4.30. The van der Waals surface area contributed by atoms with E-state index in [9.17, 15) is 8.60 Å². The lowest BCUT2D eigenvalue weighted by atomic mass is 10.1. The zero-order chi connectivity index (χ0) is 11.8. The summed E-state index contributed by atoms with van der Waals surface area (Å²) < 4.78 is 24.4. The molecule has 0 aliphatic carbocycles. The molecule has 0 spiro atoms. The van der Waals surface area contributed by atoms with Crippen LogP contribution in [-0.4, -0.2) is 26.2 Å². The fourth-order valence-electron chi connectivity index (χ4n) is 1.95. The Hall–Kier alpha value is -0.810. The molecule has 0 saturated carbocycles. The lowest BCUT2D eigenvalue weighted by Gasteiger charge is -2.36. The van der Waals surface area contributed by atoms with Crippen molar-refractivity contribution in [2.45, 2.75) is 25.4 Å². The molecular formula is C11H15FN2OS. The van der Waals surface area contributed by atoms with Crippen molar-refractivity contribution in [3.63, 3.8) is 0 Å². The van der Waals surface area contributed by atoms with Gasteiger partial charge >= 0.3 is 0 Å². The summed E-state index contributed by atoms with van der Waals surface area (Å²) in [5, 5.41) is 3.38. The average Bonchev–Trinajstić information content (AvgIpc) is 2.15. The first-order chi connectivity index (χ1) is 7.46. The summed E-state index contributed by atoms with van der Waals surface area (Å²) in [6.07, 6.45) is 1.20. The highest BCUT2D eigenvalue weighted by Gasteiger charge is 2.32. The van der Waals surface area contributed by atoms with E-state index in [1.807, 2.05) is 13.8 Å². The Balaban J connectivity index is 2.21. The molecule has 2 rings (SSSR count). The van der Waals surface area contributed by atoms with Crippen molar-refractivity contribution in [2.24, 2.45) is 0 Å². The van der Waals surface area contributed by atoms with Gasteiger partial charge in [0.1, 0.15) is 5.82 Å². The number of nitrogens with one attached hydrogen (secondary N) is 1. The number of rotatable bonds is 1. The van der Waals surface area contributed by atoms with E-state index in [0.29, 0.717) is 11.5 Å². The highest BCUT2D eigenvalue weighted by molar-refractivity contribution is 7.85. The van der Waals surface area contributed by atoms with Crippen LogP contribution in [0.3, 0.4) is 0 Å². The maximum Gasteiger partial charge on any atom is 0.141 e. The predicted molar refractivity (Wildman–Crippen MR) is 62.0 cm³/mol. The summed E-state index contributed by atoms with van der Waals surface area (Å²) in [4.78, 5) is 4.03. The van der Waals surface area contributed by atoms with Gasteiger partial charge in [-0.3, -0.25) is 9.19 Å². The van der Waals surface area contributed by atoms with Crippen LogP contribution in [0, 0.1) is 5.82 Å². The van der Waals surface area contributed by atoms with Crippen molar-refractivity contribution in [3.8, 4) is 0 Å². The summed E-state index contributed by atoms with van der Waals surface area (Å²) in [6.45, 7) is 4.03. The van der Waals surface area contributed by atoms with E-state index in [0.717, 1.165) is 5.69 Å². The molecule has 1 N–H and O–H groups in total. The third kappa shape index (κ3) is 2.65. The minimum atomic E-state index is -0.842. The topological polar surface area (TPSA) is 42.0 Å². The van der Waals surface area contributed by atoms with Gasteiger partial charge in [-0.2, -0.15) is 0 Å². The molecule has 1 aromatic heterocycles. The first-order valence-corrected chi connectivity index (χ1v) is 6.69. The predicted octanol–water partition coefficient (Wildman–Crippen LogP) is 1.39. The Labute approximate surface area is 96.9 Å². The second-order valence-electron chi connectivity index (χ2n) is 4.73. The van der Waals surface area contributed by atoms with Gasteiger partial charge in [0.15, 0.2) is 0 Å². The average molecular weight is 242 g/mol. The van der Waals surface area contributed by atoms with Crippen LogP contribution in [0.15, 0.2) is 18.3 Å². The second-order valence-corrected chi connectivity index (χ2v) is 6.23. The van der Waals surface area contributed by atoms with Gasteiger partial charge in [0.05, 0.1) is 17.9 Å². The van der Waals surface area contributed by atoms with Crippen LogP contribution in [0.4, 0.5) is 4.39 Å². The number of nitrogens with zero attached hydrogens (tertiary/aromatic N) is 1. The lowest BCUT2D eigenvalue weighted by molar-refractivity contribution is 0.364. The highest BCUT2D eigenvalue weighted by Crippen LogP contribution is 2.22. The van der Waals surface area contributed by atoms with Crippen molar-refractivity contribution in [2.75, 3.05) is 11.5 Å². The summed E-state index contributed by atoms with van der Waals surface area (Å²) in [7, 11) is -0.842. The van der Waals surface area contributed by atoms with E-state index in [1.165, 1.54) is 12.3 Å². The second kappa shape index (κ2) is 4.22. The molecule has 1 aliphatic heterocycles. The van der Waals surface area contributed by atoms with Gasteiger partial charge in [0, 0.05) is 27.8 Å². The SMILES string of the molecule is CC1(C)CS(=O)CC(c2ccc(F)cn2)N1. The Morgan fingerprint density at radius 1 is 1.56 bits per heavy atom. The molecule has 1 aromatic rings. The van der Waals surface area contributed by atoms with Crippen LogP contribution in [0.5, 0.6) is 0 Å². The largest absolute Gasteiger partial charge is 0.302 e. The number of pyridine rings is 1. The molecule has 1 saturated heterocycles. The van der Waals surface area contributed by atoms with E-state index >= 15 is 0 Å². The number of aromatic nitrogens is 1. The standard InChI is InChI=1S/C11H15FN2OS/c1-11(2)7-16(15)6-10(14-11)9-4-3-8(12)5-13-9/h3-5,10,14H,6-7H2,1-2H3. The van der Waals surface area contributed by atoms with Gasteiger partial charge in [-0.15, -0.1) is 0 Å². The van der Waals surface area contributed by atoms with Crippen LogP contribution in [0.2, 0.25) is 0 Å². The minimum absolute atomic E-state index is 0.0508.